The molecule has 0 radical (unpaired) electrons. The molecule has 0 atom stereocenters. The molecule has 2 aliphatic heterocycles. The molecule has 2 heterocycles. The highest BCUT2D eigenvalue weighted by molar-refractivity contribution is 6.04. The van der Waals surface area contributed by atoms with Gasteiger partial charge in [-0.1, -0.05) is 0 Å². The van der Waals surface area contributed by atoms with Crippen molar-refractivity contribution in [3.63, 3.8) is 0 Å². The van der Waals surface area contributed by atoms with Gasteiger partial charge >= 0.3 is 0 Å². The van der Waals surface area contributed by atoms with Gasteiger partial charge in [0.05, 0.1) is 6.61 Å². The first-order valence-corrected chi connectivity index (χ1v) is 11.0. The van der Waals surface area contributed by atoms with E-state index in [1.54, 1.807) is 36.4 Å². The molecule has 8 nitrogen and oxygen atoms in total. The zero-order chi connectivity index (χ0) is 22.3. The topological polar surface area (TPSA) is 86.3 Å². The first-order valence-electron chi connectivity index (χ1n) is 11.0. The first-order chi connectivity index (χ1) is 15.6. The molecule has 4 rings (SSSR count). The Morgan fingerprint density at radius 1 is 0.938 bits per heavy atom. The third kappa shape index (κ3) is 5.25. The number of piperidine rings is 1. The molecule has 0 aliphatic carbocycles. The molecule has 1 N–H and O–H groups in total. The van der Waals surface area contributed by atoms with E-state index in [1.807, 2.05) is 11.8 Å². The van der Waals surface area contributed by atoms with Gasteiger partial charge in [0, 0.05) is 30.4 Å². The Balaban J connectivity index is 1.42. The Hall–Kier alpha value is -3.42. The van der Waals surface area contributed by atoms with Crippen molar-refractivity contribution in [3.8, 4) is 23.0 Å². The molecule has 170 valence electrons. The summed E-state index contributed by atoms with van der Waals surface area (Å²) in [6.45, 7) is 4.75. The smallest absolute Gasteiger partial charge is 0.260 e. The normalized spacial score (nSPS) is 15.1. The lowest BCUT2D eigenvalue weighted by Gasteiger charge is -2.26. The van der Waals surface area contributed by atoms with Crippen LogP contribution in [0.1, 0.15) is 36.5 Å². The van der Waals surface area contributed by atoms with Gasteiger partial charge in [-0.2, -0.15) is 0 Å². The van der Waals surface area contributed by atoms with Gasteiger partial charge in [-0.3, -0.25) is 9.59 Å². The summed E-state index contributed by atoms with van der Waals surface area (Å²) in [6, 6.07) is 10.2. The quantitative estimate of drug-likeness (QED) is 0.709. The van der Waals surface area contributed by atoms with Crippen molar-refractivity contribution in [2.45, 2.75) is 26.2 Å². The molecular formula is C24H28N2O6. The molecule has 1 saturated heterocycles. The summed E-state index contributed by atoms with van der Waals surface area (Å²) in [4.78, 5) is 27.0. The van der Waals surface area contributed by atoms with E-state index in [0.29, 0.717) is 54.1 Å². The number of carbonyl (C=O) groups is 2. The zero-order valence-corrected chi connectivity index (χ0v) is 18.2. The zero-order valence-electron chi connectivity index (χ0n) is 18.2. The SMILES string of the molecule is CCOc1cc(C(=O)Nc2ccc3c(c2)OCCO3)ccc1OCC(=O)N1CCCCC1. The van der Waals surface area contributed by atoms with Crippen LogP contribution in [0.5, 0.6) is 23.0 Å². The van der Waals surface area contributed by atoms with Crippen LogP contribution in [0.3, 0.4) is 0 Å². The molecule has 0 unspecified atom stereocenters. The fourth-order valence-corrected chi connectivity index (χ4v) is 3.74. The molecule has 32 heavy (non-hydrogen) atoms. The van der Waals surface area contributed by atoms with E-state index in [-0.39, 0.29) is 18.4 Å². The summed E-state index contributed by atoms with van der Waals surface area (Å²) in [7, 11) is 0. The van der Waals surface area contributed by atoms with Crippen molar-refractivity contribution in [3.05, 3.63) is 42.0 Å². The van der Waals surface area contributed by atoms with Crippen LogP contribution < -0.4 is 24.3 Å². The highest BCUT2D eigenvalue weighted by atomic mass is 16.6. The second-order valence-electron chi connectivity index (χ2n) is 7.64. The monoisotopic (exact) mass is 440 g/mol. The lowest BCUT2D eigenvalue weighted by atomic mass is 10.1. The number of hydrogen-bond donors (Lipinski definition) is 1. The highest BCUT2D eigenvalue weighted by Crippen LogP contribution is 2.33. The molecule has 0 aromatic heterocycles. The van der Waals surface area contributed by atoms with E-state index in [0.717, 1.165) is 32.4 Å². The van der Waals surface area contributed by atoms with Crippen molar-refractivity contribution < 1.29 is 28.5 Å². The summed E-state index contributed by atoms with van der Waals surface area (Å²) in [5.41, 5.74) is 1.02. The van der Waals surface area contributed by atoms with Crippen LogP contribution in [0.15, 0.2) is 36.4 Å². The fraction of sp³-hybridized carbons (Fsp3) is 0.417. The highest BCUT2D eigenvalue weighted by Gasteiger charge is 2.19. The minimum absolute atomic E-state index is 0.0347. The van der Waals surface area contributed by atoms with Gasteiger partial charge in [0.1, 0.15) is 13.2 Å². The number of hydrogen-bond acceptors (Lipinski definition) is 6. The Morgan fingerprint density at radius 2 is 1.72 bits per heavy atom. The molecule has 8 heteroatoms. The molecular weight excluding hydrogens is 412 g/mol. The van der Waals surface area contributed by atoms with E-state index >= 15 is 0 Å². The van der Waals surface area contributed by atoms with Crippen molar-refractivity contribution in [1.82, 2.24) is 4.90 Å². The Morgan fingerprint density at radius 3 is 2.50 bits per heavy atom. The Labute approximate surface area is 187 Å². The van der Waals surface area contributed by atoms with Crippen molar-refractivity contribution >= 4 is 17.5 Å². The second kappa shape index (κ2) is 10.3. The maximum absolute atomic E-state index is 12.8. The summed E-state index contributed by atoms with van der Waals surface area (Å²) >= 11 is 0. The van der Waals surface area contributed by atoms with Crippen molar-refractivity contribution in [1.29, 1.82) is 0 Å². The predicted octanol–water partition coefficient (Wildman–Crippen LogP) is 3.50. The molecule has 0 spiro atoms. The average Bonchev–Trinajstić information content (AvgIpc) is 2.83. The van der Waals surface area contributed by atoms with Crippen LogP contribution in [-0.4, -0.2) is 56.2 Å². The van der Waals surface area contributed by atoms with Gasteiger partial charge in [0.25, 0.3) is 11.8 Å². The lowest BCUT2D eigenvalue weighted by Crippen LogP contribution is -2.38. The first kappa shape index (κ1) is 21.8. The van der Waals surface area contributed by atoms with Crippen LogP contribution in [0.4, 0.5) is 5.69 Å². The van der Waals surface area contributed by atoms with Crippen LogP contribution in [0.2, 0.25) is 0 Å². The van der Waals surface area contributed by atoms with Gasteiger partial charge in [-0.25, -0.2) is 0 Å². The Kier molecular flexibility index (Phi) is 6.99. The summed E-state index contributed by atoms with van der Waals surface area (Å²) in [5, 5.41) is 2.86. The van der Waals surface area contributed by atoms with Crippen molar-refractivity contribution in [2.75, 3.05) is 44.8 Å². The number of benzene rings is 2. The van der Waals surface area contributed by atoms with E-state index in [2.05, 4.69) is 5.32 Å². The molecule has 0 saturated carbocycles. The second-order valence-corrected chi connectivity index (χ2v) is 7.64. The van der Waals surface area contributed by atoms with E-state index in [9.17, 15) is 9.59 Å². The number of ether oxygens (including phenoxy) is 4. The summed E-state index contributed by atoms with van der Waals surface area (Å²) in [6.07, 6.45) is 3.22. The number of anilines is 1. The van der Waals surface area contributed by atoms with E-state index in [1.165, 1.54) is 0 Å². The molecule has 2 aliphatic rings. The van der Waals surface area contributed by atoms with Gasteiger partial charge in [0.15, 0.2) is 29.6 Å². The number of likely N-dealkylation sites (tertiary alicyclic amines) is 1. The van der Waals surface area contributed by atoms with Crippen LogP contribution in [-0.2, 0) is 4.79 Å². The number of rotatable bonds is 7. The number of fused-ring (bicyclic) bond motifs is 1. The predicted molar refractivity (Wildman–Crippen MR) is 119 cm³/mol. The minimum Gasteiger partial charge on any atom is -0.490 e. The number of carbonyl (C=O) groups excluding carboxylic acids is 2. The number of nitrogens with one attached hydrogen (secondary N) is 1. The van der Waals surface area contributed by atoms with Gasteiger partial charge in [-0.05, 0) is 56.5 Å². The van der Waals surface area contributed by atoms with Crippen molar-refractivity contribution in [2.24, 2.45) is 0 Å². The van der Waals surface area contributed by atoms with Gasteiger partial charge < -0.3 is 29.2 Å². The largest absolute Gasteiger partial charge is 0.490 e. The fourth-order valence-electron chi connectivity index (χ4n) is 3.74. The van der Waals surface area contributed by atoms with Gasteiger partial charge in [0.2, 0.25) is 0 Å². The Bertz CT molecular complexity index is 971. The van der Waals surface area contributed by atoms with Crippen LogP contribution >= 0.6 is 0 Å². The van der Waals surface area contributed by atoms with Gasteiger partial charge in [-0.15, -0.1) is 0 Å². The molecule has 1 fully saturated rings. The number of nitrogens with zero attached hydrogens (tertiary/aromatic N) is 1. The summed E-state index contributed by atoms with van der Waals surface area (Å²) in [5.74, 6) is 1.80. The molecule has 2 aromatic rings. The molecule has 2 amide bonds. The standard InChI is InChI=1S/C24H28N2O6/c1-2-29-21-14-17(6-8-20(21)32-16-23(27)26-10-4-3-5-11-26)24(28)25-18-7-9-19-22(15-18)31-13-12-30-19/h6-9,14-15H,2-5,10-13,16H2,1H3,(H,25,28). The van der Waals surface area contributed by atoms with Crippen LogP contribution in [0, 0.1) is 0 Å². The minimum atomic E-state index is -0.293. The average molecular weight is 440 g/mol. The lowest BCUT2D eigenvalue weighted by molar-refractivity contribution is -0.134. The maximum atomic E-state index is 12.8. The van der Waals surface area contributed by atoms with Crippen LogP contribution in [0.25, 0.3) is 0 Å². The number of amides is 2. The van der Waals surface area contributed by atoms with E-state index in [4.69, 9.17) is 18.9 Å². The third-order valence-electron chi connectivity index (χ3n) is 5.37. The third-order valence-corrected chi connectivity index (χ3v) is 5.37. The maximum Gasteiger partial charge on any atom is 0.260 e. The molecule has 0 bridgehead atoms. The van der Waals surface area contributed by atoms with E-state index < -0.39 is 0 Å². The molecule has 2 aromatic carbocycles. The summed E-state index contributed by atoms with van der Waals surface area (Å²) < 4.78 is 22.5.